The minimum absolute atomic E-state index is 0.0253. The van der Waals surface area contributed by atoms with E-state index in [1.165, 1.54) is 18.2 Å². The van der Waals surface area contributed by atoms with E-state index in [0.717, 1.165) is 25.9 Å². The lowest BCUT2D eigenvalue weighted by molar-refractivity contribution is 0.0951. The van der Waals surface area contributed by atoms with Crippen molar-refractivity contribution in [2.75, 3.05) is 19.6 Å². The molecule has 0 aromatic heterocycles. The predicted molar refractivity (Wildman–Crippen MR) is 69.3 cm³/mol. The number of halogens is 2. The van der Waals surface area contributed by atoms with Crippen LogP contribution in [0.4, 0.5) is 4.39 Å². The zero-order chi connectivity index (χ0) is 13.0. The summed E-state index contributed by atoms with van der Waals surface area (Å²) in [5, 5.41) is 6.08. The van der Waals surface area contributed by atoms with Gasteiger partial charge in [0.1, 0.15) is 5.82 Å². The molecule has 1 atom stereocenters. The lowest BCUT2D eigenvalue weighted by Crippen LogP contribution is -2.26. The Kier molecular flexibility index (Phi) is 4.55. The van der Waals surface area contributed by atoms with E-state index in [9.17, 15) is 9.18 Å². The molecule has 2 N–H and O–H groups in total. The van der Waals surface area contributed by atoms with E-state index in [-0.39, 0.29) is 10.9 Å². The van der Waals surface area contributed by atoms with Gasteiger partial charge in [0.15, 0.2) is 0 Å². The molecule has 0 radical (unpaired) electrons. The van der Waals surface area contributed by atoms with Gasteiger partial charge >= 0.3 is 0 Å². The van der Waals surface area contributed by atoms with Crippen molar-refractivity contribution in [2.24, 2.45) is 5.92 Å². The minimum Gasteiger partial charge on any atom is -0.352 e. The topological polar surface area (TPSA) is 41.1 Å². The maximum atomic E-state index is 12.9. The summed E-state index contributed by atoms with van der Waals surface area (Å²) in [5.41, 5.74) is 0.394. The fourth-order valence-electron chi connectivity index (χ4n) is 2.09. The van der Waals surface area contributed by atoms with Gasteiger partial charge in [-0.1, -0.05) is 11.6 Å². The molecule has 1 aliphatic rings. The van der Waals surface area contributed by atoms with Crippen LogP contribution in [0.5, 0.6) is 0 Å². The van der Waals surface area contributed by atoms with E-state index in [0.29, 0.717) is 18.0 Å². The van der Waals surface area contributed by atoms with E-state index >= 15 is 0 Å². The molecule has 0 aliphatic carbocycles. The van der Waals surface area contributed by atoms with Crippen LogP contribution in [0.15, 0.2) is 18.2 Å². The Hall–Kier alpha value is -1.13. The van der Waals surface area contributed by atoms with Crippen molar-refractivity contribution in [2.45, 2.75) is 12.8 Å². The highest BCUT2D eigenvalue weighted by molar-refractivity contribution is 6.31. The Bertz CT molecular complexity index is 433. The average Bonchev–Trinajstić information content (AvgIpc) is 2.85. The molecule has 0 spiro atoms. The molecule has 98 valence electrons. The Morgan fingerprint density at radius 3 is 3.06 bits per heavy atom. The van der Waals surface area contributed by atoms with Gasteiger partial charge in [-0.2, -0.15) is 0 Å². The summed E-state index contributed by atoms with van der Waals surface area (Å²) in [6.07, 6.45) is 2.13. The Balaban J connectivity index is 1.81. The van der Waals surface area contributed by atoms with Crippen molar-refractivity contribution in [3.8, 4) is 0 Å². The molecule has 0 saturated carbocycles. The van der Waals surface area contributed by atoms with Gasteiger partial charge in [-0.25, -0.2) is 4.39 Å². The fourth-order valence-corrected chi connectivity index (χ4v) is 2.27. The van der Waals surface area contributed by atoms with Crippen LogP contribution in [0.2, 0.25) is 5.02 Å². The van der Waals surface area contributed by atoms with E-state index < -0.39 is 5.82 Å². The van der Waals surface area contributed by atoms with Crippen molar-refractivity contribution < 1.29 is 9.18 Å². The van der Waals surface area contributed by atoms with Crippen LogP contribution in [0.25, 0.3) is 0 Å². The average molecular weight is 271 g/mol. The standard InChI is InChI=1S/C13H16ClFN2O/c14-11-7-10(1-2-12(11)15)13(18)17-6-4-9-3-5-16-8-9/h1-2,7,9,16H,3-6,8H2,(H,17,18). The molecular weight excluding hydrogens is 255 g/mol. The summed E-state index contributed by atoms with van der Waals surface area (Å²) in [4.78, 5) is 11.8. The van der Waals surface area contributed by atoms with Crippen LogP contribution in [0.3, 0.4) is 0 Å². The molecule has 1 heterocycles. The number of carbonyl (C=O) groups excluding carboxylic acids is 1. The number of rotatable bonds is 4. The maximum absolute atomic E-state index is 12.9. The normalized spacial score (nSPS) is 18.9. The van der Waals surface area contributed by atoms with E-state index in [1.54, 1.807) is 0 Å². The summed E-state index contributed by atoms with van der Waals surface area (Å²) in [6, 6.07) is 4.00. The molecule has 18 heavy (non-hydrogen) atoms. The van der Waals surface area contributed by atoms with Gasteiger partial charge < -0.3 is 10.6 Å². The van der Waals surface area contributed by atoms with Crippen molar-refractivity contribution in [1.29, 1.82) is 0 Å². The first kappa shape index (κ1) is 13.3. The van der Waals surface area contributed by atoms with Crippen molar-refractivity contribution in [3.63, 3.8) is 0 Å². The van der Waals surface area contributed by atoms with Crippen molar-refractivity contribution in [3.05, 3.63) is 34.6 Å². The van der Waals surface area contributed by atoms with Gasteiger partial charge in [0.25, 0.3) is 5.91 Å². The van der Waals surface area contributed by atoms with Crippen molar-refractivity contribution in [1.82, 2.24) is 10.6 Å². The Labute approximate surface area is 111 Å². The number of benzene rings is 1. The van der Waals surface area contributed by atoms with Gasteiger partial charge in [0.2, 0.25) is 0 Å². The summed E-state index contributed by atoms with van der Waals surface area (Å²) in [5.74, 6) is -0.0739. The van der Waals surface area contributed by atoms with Gasteiger partial charge in [0, 0.05) is 12.1 Å². The van der Waals surface area contributed by atoms with E-state index in [2.05, 4.69) is 10.6 Å². The molecule has 0 bridgehead atoms. The van der Waals surface area contributed by atoms with Gasteiger partial charge in [-0.3, -0.25) is 4.79 Å². The zero-order valence-corrected chi connectivity index (χ0v) is 10.8. The molecular formula is C13H16ClFN2O. The van der Waals surface area contributed by atoms with Crippen LogP contribution < -0.4 is 10.6 Å². The van der Waals surface area contributed by atoms with Crippen molar-refractivity contribution >= 4 is 17.5 Å². The number of carbonyl (C=O) groups is 1. The predicted octanol–water partition coefficient (Wildman–Crippen LogP) is 2.21. The number of nitrogens with one attached hydrogen (secondary N) is 2. The first-order valence-electron chi connectivity index (χ1n) is 6.11. The third-order valence-electron chi connectivity index (χ3n) is 3.18. The molecule has 5 heteroatoms. The van der Waals surface area contributed by atoms with Crippen LogP contribution >= 0.6 is 11.6 Å². The lowest BCUT2D eigenvalue weighted by atomic mass is 10.1. The molecule has 3 nitrogen and oxygen atoms in total. The van der Waals surface area contributed by atoms with E-state index in [1.807, 2.05) is 0 Å². The number of hydrogen-bond acceptors (Lipinski definition) is 2. The Morgan fingerprint density at radius 2 is 2.39 bits per heavy atom. The SMILES string of the molecule is O=C(NCCC1CCNC1)c1ccc(F)c(Cl)c1. The van der Waals surface area contributed by atoms with Crippen LogP contribution in [0, 0.1) is 11.7 Å². The molecule has 1 aromatic rings. The summed E-state index contributed by atoms with van der Waals surface area (Å²) in [7, 11) is 0. The minimum atomic E-state index is -0.509. The summed E-state index contributed by atoms with van der Waals surface area (Å²) >= 11 is 5.63. The highest BCUT2D eigenvalue weighted by Crippen LogP contribution is 2.16. The highest BCUT2D eigenvalue weighted by atomic mass is 35.5. The molecule has 1 saturated heterocycles. The molecule has 1 aromatic carbocycles. The van der Waals surface area contributed by atoms with Gasteiger partial charge in [0.05, 0.1) is 5.02 Å². The quantitative estimate of drug-likeness (QED) is 0.881. The second-order valence-electron chi connectivity index (χ2n) is 4.53. The highest BCUT2D eigenvalue weighted by Gasteiger charge is 2.14. The fraction of sp³-hybridized carbons (Fsp3) is 0.462. The van der Waals surface area contributed by atoms with Crippen LogP contribution in [-0.4, -0.2) is 25.5 Å². The molecule has 1 fully saturated rings. The van der Waals surface area contributed by atoms with Crippen LogP contribution in [-0.2, 0) is 0 Å². The third kappa shape index (κ3) is 3.43. The smallest absolute Gasteiger partial charge is 0.251 e. The largest absolute Gasteiger partial charge is 0.352 e. The first-order chi connectivity index (χ1) is 8.66. The van der Waals surface area contributed by atoms with Gasteiger partial charge in [-0.15, -0.1) is 0 Å². The zero-order valence-electron chi connectivity index (χ0n) is 10.0. The summed E-state index contributed by atoms with van der Waals surface area (Å²) in [6.45, 7) is 2.73. The van der Waals surface area contributed by atoms with Crippen LogP contribution in [0.1, 0.15) is 23.2 Å². The molecule has 1 amide bonds. The maximum Gasteiger partial charge on any atom is 0.251 e. The molecule has 2 rings (SSSR count). The third-order valence-corrected chi connectivity index (χ3v) is 3.47. The monoisotopic (exact) mass is 270 g/mol. The second kappa shape index (κ2) is 6.16. The van der Waals surface area contributed by atoms with E-state index in [4.69, 9.17) is 11.6 Å². The summed E-state index contributed by atoms with van der Waals surface area (Å²) < 4.78 is 12.9. The lowest BCUT2D eigenvalue weighted by Gasteiger charge is -2.09. The number of hydrogen-bond donors (Lipinski definition) is 2. The Morgan fingerprint density at radius 1 is 1.56 bits per heavy atom. The second-order valence-corrected chi connectivity index (χ2v) is 4.94. The molecule has 1 aliphatic heterocycles. The first-order valence-corrected chi connectivity index (χ1v) is 6.48. The molecule has 1 unspecified atom stereocenters. The number of amides is 1. The van der Waals surface area contributed by atoms with Gasteiger partial charge in [-0.05, 0) is 50.0 Å².